The fourth-order valence-corrected chi connectivity index (χ4v) is 3.54. The zero-order chi connectivity index (χ0) is 18.2. The predicted molar refractivity (Wildman–Crippen MR) is 102 cm³/mol. The van der Waals surface area contributed by atoms with Crippen molar-refractivity contribution in [3.63, 3.8) is 0 Å². The van der Waals surface area contributed by atoms with Crippen LogP contribution in [0.3, 0.4) is 0 Å². The van der Waals surface area contributed by atoms with Gasteiger partial charge in [0.05, 0.1) is 18.7 Å². The molecule has 0 aliphatic carbocycles. The molecule has 25 heavy (non-hydrogen) atoms. The summed E-state index contributed by atoms with van der Waals surface area (Å²) in [5.74, 6) is 1.51. The third-order valence-electron chi connectivity index (χ3n) is 4.13. The molecule has 0 unspecified atom stereocenters. The number of benzene rings is 2. The van der Waals surface area contributed by atoms with Crippen molar-refractivity contribution in [1.29, 1.82) is 0 Å². The van der Waals surface area contributed by atoms with Crippen molar-refractivity contribution < 1.29 is 14.7 Å². The number of terminal acetylenes is 1. The van der Waals surface area contributed by atoms with Crippen molar-refractivity contribution in [2.24, 2.45) is 0 Å². The Morgan fingerprint density at radius 2 is 1.80 bits per heavy atom. The summed E-state index contributed by atoms with van der Waals surface area (Å²) in [6.45, 7) is 0.0300. The third kappa shape index (κ3) is 3.15. The second-order valence-corrected chi connectivity index (χ2v) is 7.56. The Morgan fingerprint density at radius 3 is 2.44 bits per heavy atom. The summed E-state index contributed by atoms with van der Waals surface area (Å²) >= 11 is 6.66. The van der Waals surface area contributed by atoms with E-state index in [4.69, 9.17) is 6.42 Å². The SMILES string of the molecule is C#CCN1C(=O)[C@](O)(CC(=O)c2ccc(Br)cc2)c2cc(Br)ccc21. The highest BCUT2D eigenvalue weighted by Crippen LogP contribution is 2.44. The highest BCUT2D eigenvalue weighted by Gasteiger charge is 2.50. The number of carbonyl (C=O) groups excluding carboxylic acids is 2. The average molecular weight is 463 g/mol. The normalized spacial score (nSPS) is 18.8. The summed E-state index contributed by atoms with van der Waals surface area (Å²) < 4.78 is 1.55. The van der Waals surface area contributed by atoms with Gasteiger partial charge in [0, 0.05) is 20.1 Å². The third-order valence-corrected chi connectivity index (χ3v) is 5.15. The molecule has 1 N–H and O–H groups in total. The molecule has 0 aromatic heterocycles. The highest BCUT2D eigenvalue weighted by atomic mass is 79.9. The van der Waals surface area contributed by atoms with Crippen LogP contribution < -0.4 is 4.90 Å². The molecule has 1 atom stereocenters. The minimum Gasteiger partial charge on any atom is -0.375 e. The number of fused-ring (bicyclic) bond motifs is 1. The van der Waals surface area contributed by atoms with Crippen LogP contribution in [0, 0.1) is 12.3 Å². The fourth-order valence-electron chi connectivity index (χ4n) is 2.91. The molecule has 1 amide bonds. The number of amides is 1. The number of hydrogen-bond acceptors (Lipinski definition) is 3. The predicted octanol–water partition coefficient (Wildman–Crippen LogP) is 3.65. The summed E-state index contributed by atoms with van der Waals surface area (Å²) in [5.41, 5.74) is -0.596. The molecule has 2 aromatic carbocycles. The van der Waals surface area contributed by atoms with Crippen LogP contribution >= 0.6 is 31.9 Å². The van der Waals surface area contributed by atoms with Crippen molar-refractivity contribution in [3.8, 4) is 12.3 Å². The fraction of sp³-hybridized carbons (Fsp3) is 0.158. The second kappa shape index (κ2) is 6.75. The van der Waals surface area contributed by atoms with Gasteiger partial charge in [0.2, 0.25) is 0 Å². The minimum atomic E-state index is -1.93. The van der Waals surface area contributed by atoms with Crippen molar-refractivity contribution in [2.75, 3.05) is 11.4 Å². The van der Waals surface area contributed by atoms with Crippen LogP contribution in [-0.4, -0.2) is 23.3 Å². The van der Waals surface area contributed by atoms with E-state index in [1.807, 2.05) is 0 Å². The lowest BCUT2D eigenvalue weighted by Crippen LogP contribution is -2.42. The average Bonchev–Trinajstić information content (AvgIpc) is 2.77. The largest absolute Gasteiger partial charge is 0.375 e. The second-order valence-electron chi connectivity index (χ2n) is 5.72. The molecule has 0 saturated heterocycles. The first kappa shape index (κ1) is 17.9. The monoisotopic (exact) mass is 461 g/mol. The Bertz CT molecular complexity index is 902. The molecule has 1 aliphatic heterocycles. The van der Waals surface area contributed by atoms with Gasteiger partial charge in [-0.1, -0.05) is 49.9 Å². The summed E-state index contributed by atoms with van der Waals surface area (Å²) in [7, 11) is 0. The summed E-state index contributed by atoms with van der Waals surface area (Å²) in [4.78, 5) is 26.8. The van der Waals surface area contributed by atoms with Gasteiger partial charge in [-0.2, -0.15) is 0 Å². The van der Waals surface area contributed by atoms with Gasteiger partial charge < -0.3 is 5.11 Å². The van der Waals surface area contributed by atoms with Crippen LogP contribution in [0.5, 0.6) is 0 Å². The molecule has 0 bridgehead atoms. The van der Waals surface area contributed by atoms with Crippen LogP contribution in [0.1, 0.15) is 22.3 Å². The van der Waals surface area contributed by atoms with Crippen LogP contribution in [-0.2, 0) is 10.4 Å². The molecule has 6 heteroatoms. The van der Waals surface area contributed by atoms with Crippen molar-refractivity contribution in [3.05, 3.63) is 62.5 Å². The summed E-state index contributed by atoms with van der Waals surface area (Å²) in [5, 5.41) is 11.1. The number of ketones is 1. The Hall–Kier alpha value is -1.94. The molecule has 0 spiro atoms. The van der Waals surface area contributed by atoms with Gasteiger partial charge in [-0.3, -0.25) is 14.5 Å². The Balaban J connectivity index is 2.01. The van der Waals surface area contributed by atoms with E-state index in [-0.39, 0.29) is 18.7 Å². The number of carbonyl (C=O) groups is 2. The van der Waals surface area contributed by atoms with Gasteiger partial charge in [0.25, 0.3) is 5.91 Å². The Labute approximate surface area is 162 Å². The van der Waals surface area contributed by atoms with E-state index in [9.17, 15) is 14.7 Å². The first-order valence-electron chi connectivity index (χ1n) is 7.43. The number of hydrogen-bond donors (Lipinski definition) is 1. The van der Waals surface area contributed by atoms with Gasteiger partial charge in [-0.25, -0.2) is 0 Å². The van der Waals surface area contributed by atoms with Gasteiger partial charge in [-0.15, -0.1) is 6.42 Å². The van der Waals surface area contributed by atoms with E-state index < -0.39 is 11.5 Å². The molecule has 1 aliphatic rings. The van der Waals surface area contributed by atoms with Gasteiger partial charge in [0.15, 0.2) is 11.4 Å². The molecule has 4 nitrogen and oxygen atoms in total. The zero-order valence-electron chi connectivity index (χ0n) is 13.0. The lowest BCUT2D eigenvalue weighted by molar-refractivity contribution is -0.135. The topological polar surface area (TPSA) is 57.6 Å². The molecule has 3 rings (SSSR count). The van der Waals surface area contributed by atoms with Crippen molar-refractivity contribution >= 4 is 49.2 Å². The summed E-state index contributed by atoms with van der Waals surface area (Å²) in [6.07, 6.45) is 5.00. The quantitative estimate of drug-likeness (QED) is 0.557. The Kier molecular flexibility index (Phi) is 4.83. The maximum atomic E-state index is 12.8. The highest BCUT2D eigenvalue weighted by molar-refractivity contribution is 9.10. The Morgan fingerprint density at radius 1 is 1.16 bits per heavy atom. The number of aliphatic hydroxyl groups is 1. The van der Waals surface area contributed by atoms with Gasteiger partial charge in [0.1, 0.15) is 0 Å². The number of anilines is 1. The number of Topliss-reactive ketones (excluding diaryl/α,β-unsaturated/α-hetero) is 1. The summed E-state index contributed by atoms with van der Waals surface area (Å²) in [6, 6.07) is 11.9. The van der Waals surface area contributed by atoms with Crippen LogP contribution in [0.2, 0.25) is 0 Å². The van der Waals surface area contributed by atoms with Crippen molar-refractivity contribution in [1.82, 2.24) is 0 Å². The van der Waals surface area contributed by atoms with Crippen LogP contribution in [0.4, 0.5) is 5.69 Å². The van der Waals surface area contributed by atoms with Crippen molar-refractivity contribution in [2.45, 2.75) is 12.0 Å². The molecule has 126 valence electrons. The molecular formula is C19H13Br2NO3. The first-order valence-corrected chi connectivity index (χ1v) is 9.02. The maximum absolute atomic E-state index is 12.8. The molecule has 0 radical (unpaired) electrons. The number of halogens is 2. The molecule has 2 aromatic rings. The van der Waals surface area contributed by atoms with Crippen LogP contribution in [0.15, 0.2) is 51.4 Å². The number of rotatable bonds is 4. The van der Waals surface area contributed by atoms with Gasteiger partial charge >= 0.3 is 0 Å². The number of nitrogens with zero attached hydrogens (tertiary/aromatic N) is 1. The molecule has 1 heterocycles. The smallest absolute Gasteiger partial charge is 0.265 e. The minimum absolute atomic E-state index is 0.0300. The zero-order valence-corrected chi connectivity index (χ0v) is 16.2. The van der Waals surface area contributed by atoms with E-state index in [0.29, 0.717) is 21.3 Å². The van der Waals surface area contributed by atoms with Gasteiger partial charge in [-0.05, 0) is 30.3 Å². The maximum Gasteiger partial charge on any atom is 0.265 e. The van der Waals surface area contributed by atoms with Crippen LogP contribution in [0.25, 0.3) is 0 Å². The van der Waals surface area contributed by atoms with E-state index in [1.54, 1.807) is 42.5 Å². The van der Waals surface area contributed by atoms with E-state index in [1.165, 1.54) is 4.90 Å². The molecule has 0 saturated carbocycles. The molecule has 0 fully saturated rings. The molecular weight excluding hydrogens is 450 g/mol. The van der Waals surface area contributed by atoms with E-state index in [2.05, 4.69) is 37.8 Å². The standard InChI is InChI=1S/C19H13Br2NO3/c1-2-9-22-16-8-7-14(21)10-15(16)19(25,18(22)24)11-17(23)12-3-5-13(20)6-4-12/h1,3-8,10,25H,9,11H2/t19-/m0/s1. The lowest BCUT2D eigenvalue weighted by atomic mass is 9.88. The lowest BCUT2D eigenvalue weighted by Gasteiger charge is -2.22. The first-order chi connectivity index (χ1) is 11.9. The van der Waals surface area contributed by atoms with E-state index in [0.717, 1.165) is 4.47 Å². The van der Waals surface area contributed by atoms with E-state index >= 15 is 0 Å².